The van der Waals surface area contributed by atoms with Crippen molar-refractivity contribution in [3.05, 3.63) is 24.3 Å². The lowest BCUT2D eigenvalue weighted by molar-refractivity contribution is -0.0576. The summed E-state index contributed by atoms with van der Waals surface area (Å²) in [5, 5.41) is 0. The van der Waals surface area contributed by atoms with Crippen LogP contribution in [0.2, 0.25) is 0 Å². The van der Waals surface area contributed by atoms with Crippen LogP contribution in [0.25, 0.3) is 0 Å². The molecule has 3 fully saturated rings. The first kappa shape index (κ1) is 10.5. The van der Waals surface area contributed by atoms with Crippen molar-refractivity contribution in [1.82, 2.24) is 0 Å². The second-order valence-corrected chi connectivity index (χ2v) is 5.99. The molecule has 5 rings (SSSR count). The Morgan fingerprint density at radius 3 is 2.32 bits per heavy atom. The molecule has 19 heavy (non-hydrogen) atoms. The van der Waals surface area contributed by atoms with Crippen molar-refractivity contribution in [3.63, 3.8) is 0 Å². The predicted molar refractivity (Wildman–Crippen MR) is 65.8 cm³/mol. The van der Waals surface area contributed by atoms with Crippen LogP contribution in [0, 0.1) is 17.8 Å². The topological polar surface area (TPSA) is 36.9 Å². The second-order valence-electron chi connectivity index (χ2n) is 5.99. The second kappa shape index (κ2) is 3.64. The summed E-state index contributed by atoms with van der Waals surface area (Å²) in [6.45, 7) is 0.460. The minimum absolute atomic E-state index is 0.141. The average molecular weight is 260 g/mol. The molecular formula is C15H16O4. The van der Waals surface area contributed by atoms with Crippen LogP contribution in [0.4, 0.5) is 0 Å². The molecule has 5 atom stereocenters. The third-order valence-electron chi connectivity index (χ3n) is 5.12. The Hall–Kier alpha value is -1.26. The van der Waals surface area contributed by atoms with Gasteiger partial charge in [0.15, 0.2) is 11.5 Å². The SMILES string of the molecule is c1ccc2c(c1)OC(C1CC3CC1C1OCOC31)O2. The molecule has 2 heterocycles. The van der Waals surface area contributed by atoms with Crippen LogP contribution in [0.15, 0.2) is 24.3 Å². The van der Waals surface area contributed by atoms with Gasteiger partial charge in [0.25, 0.3) is 0 Å². The lowest BCUT2D eigenvalue weighted by Gasteiger charge is -2.31. The molecule has 4 heteroatoms. The lowest BCUT2D eigenvalue weighted by atomic mass is 9.84. The molecule has 2 aliphatic heterocycles. The highest BCUT2D eigenvalue weighted by atomic mass is 16.7. The minimum Gasteiger partial charge on any atom is -0.451 e. The van der Waals surface area contributed by atoms with Gasteiger partial charge in [0, 0.05) is 5.92 Å². The Morgan fingerprint density at radius 1 is 0.842 bits per heavy atom. The van der Waals surface area contributed by atoms with Crippen molar-refractivity contribution in [2.24, 2.45) is 17.8 Å². The highest BCUT2D eigenvalue weighted by molar-refractivity contribution is 5.42. The van der Waals surface area contributed by atoms with Gasteiger partial charge in [0.05, 0.1) is 12.2 Å². The minimum atomic E-state index is -0.141. The molecule has 2 aliphatic carbocycles. The molecule has 5 unspecified atom stereocenters. The standard InChI is InChI=1S/C15H16O4/c1-2-4-12-11(3-1)18-15(19-12)10-6-8-5-9(10)14-13(8)16-7-17-14/h1-4,8-10,13-15H,5-7H2. The van der Waals surface area contributed by atoms with Gasteiger partial charge < -0.3 is 18.9 Å². The first-order chi connectivity index (χ1) is 9.40. The van der Waals surface area contributed by atoms with Crippen LogP contribution in [-0.4, -0.2) is 25.3 Å². The molecule has 2 bridgehead atoms. The third kappa shape index (κ3) is 1.36. The van der Waals surface area contributed by atoms with E-state index in [4.69, 9.17) is 18.9 Å². The molecule has 0 amide bonds. The Kier molecular flexibility index (Phi) is 2.02. The van der Waals surface area contributed by atoms with E-state index in [2.05, 4.69) is 0 Å². The van der Waals surface area contributed by atoms with E-state index in [0.717, 1.165) is 17.9 Å². The van der Waals surface area contributed by atoms with E-state index in [9.17, 15) is 0 Å². The summed E-state index contributed by atoms with van der Waals surface area (Å²) < 4.78 is 23.4. The van der Waals surface area contributed by atoms with E-state index in [1.807, 2.05) is 24.3 Å². The summed E-state index contributed by atoms with van der Waals surface area (Å²) in [5.74, 6) is 3.32. The highest BCUT2D eigenvalue weighted by Crippen LogP contribution is 2.55. The molecule has 100 valence electrons. The van der Waals surface area contributed by atoms with Crippen molar-refractivity contribution in [3.8, 4) is 11.5 Å². The zero-order chi connectivity index (χ0) is 12.4. The predicted octanol–water partition coefficient (Wildman–Crippen LogP) is 2.18. The summed E-state index contributed by atoms with van der Waals surface area (Å²) in [6.07, 6.45) is 2.77. The van der Waals surface area contributed by atoms with Gasteiger partial charge in [-0.15, -0.1) is 0 Å². The number of hydrogen-bond donors (Lipinski definition) is 0. The monoisotopic (exact) mass is 260 g/mol. The lowest BCUT2D eigenvalue weighted by Crippen LogP contribution is -2.42. The molecule has 0 aromatic heterocycles. The van der Waals surface area contributed by atoms with E-state index >= 15 is 0 Å². The molecule has 1 aromatic rings. The molecule has 4 aliphatic rings. The normalized spacial score (nSPS) is 42.8. The van der Waals surface area contributed by atoms with Gasteiger partial charge in [0.2, 0.25) is 6.29 Å². The van der Waals surface area contributed by atoms with Crippen LogP contribution in [-0.2, 0) is 9.47 Å². The summed E-state index contributed by atoms with van der Waals surface area (Å²) in [4.78, 5) is 0. The van der Waals surface area contributed by atoms with Crippen LogP contribution in [0.3, 0.4) is 0 Å². The molecular weight excluding hydrogens is 244 g/mol. The zero-order valence-electron chi connectivity index (χ0n) is 10.5. The molecule has 1 saturated heterocycles. The van der Waals surface area contributed by atoms with Gasteiger partial charge >= 0.3 is 0 Å². The Balaban J connectivity index is 1.39. The van der Waals surface area contributed by atoms with E-state index in [1.165, 1.54) is 6.42 Å². The van der Waals surface area contributed by atoms with Crippen molar-refractivity contribution >= 4 is 0 Å². The smallest absolute Gasteiger partial charge is 0.244 e. The van der Waals surface area contributed by atoms with Crippen LogP contribution in [0.5, 0.6) is 11.5 Å². The number of para-hydroxylation sites is 2. The number of benzene rings is 1. The van der Waals surface area contributed by atoms with Gasteiger partial charge in [-0.1, -0.05) is 12.1 Å². The molecule has 1 aromatic carbocycles. The number of hydrogen-bond acceptors (Lipinski definition) is 4. The van der Waals surface area contributed by atoms with E-state index < -0.39 is 0 Å². The van der Waals surface area contributed by atoms with E-state index in [0.29, 0.717) is 30.7 Å². The first-order valence-corrected chi connectivity index (χ1v) is 7.06. The fourth-order valence-corrected chi connectivity index (χ4v) is 4.36. The maximum atomic E-state index is 5.97. The van der Waals surface area contributed by atoms with Crippen LogP contribution < -0.4 is 9.47 Å². The Labute approximate surface area is 111 Å². The maximum Gasteiger partial charge on any atom is 0.244 e. The quantitative estimate of drug-likeness (QED) is 0.775. The number of ether oxygens (including phenoxy) is 4. The van der Waals surface area contributed by atoms with Gasteiger partial charge in [-0.25, -0.2) is 0 Å². The Morgan fingerprint density at radius 2 is 1.53 bits per heavy atom. The van der Waals surface area contributed by atoms with Gasteiger partial charge in [-0.3, -0.25) is 0 Å². The van der Waals surface area contributed by atoms with Crippen molar-refractivity contribution < 1.29 is 18.9 Å². The number of rotatable bonds is 1. The fourth-order valence-electron chi connectivity index (χ4n) is 4.36. The van der Waals surface area contributed by atoms with Gasteiger partial charge in [0.1, 0.15) is 6.79 Å². The number of fused-ring (bicyclic) bond motifs is 6. The summed E-state index contributed by atoms with van der Waals surface area (Å²) in [6, 6.07) is 7.91. The summed E-state index contributed by atoms with van der Waals surface area (Å²) in [7, 11) is 0. The molecule has 2 saturated carbocycles. The molecule has 0 radical (unpaired) electrons. The highest BCUT2D eigenvalue weighted by Gasteiger charge is 2.59. The first-order valence-electron chi connectivity index (χ1n) is 7.06. The molecule has 0 N–H and O–H groups in total. The molecule has 4 nitrogen and oxygen atoms in total. The summed E-state index contributed by atoms with van der Waals surface area (Å²) in [5.41, 5.74) is 0. The largest absolute Gasteiger partial charge is 0.451 e. The average Bonchev–Trinajstić information content (AvgIpc) is 3.18. The molecule has 0 spiro atoms. The zero-order valence-corrected chi connectivity index (χ0v) is 10.5. The third-order valence-corrected chi connectivity index (χ3v) is 5.12. The van der Waals surface area contributed by atoms with Crippen LogP contribution >= 0.6 is 0 Å². The summed E-state index contributed by atoms with van der Waals surface area (Å²) >= 11 is 0. The van der Waals surface area contributed by atoms with Crippen molar-refractivity contribution in [2.45, 2.75) is 31.3 Å². The van der Waals surface area contributed by atoms with Crippen molar-refractivity contribution in [1.29, 1.82) is 0 Å². The fraction of sp³-hybridized carbons (Fsp3) is 0.600. The van der Waals surface area contributed by atoms with Crippen molar-refractivity contribution in [2.75, 3.05) is 6.79 Å². The Bertz CT molecular complexity index is 492. The van der Waals surface area contributed by atoms with Crippen LogP contribution in [0.1, 0.15) is 12.8 Å². The maximum absolute atomic E-state index is 5.97. The van der Waals surface area contributed by atoms with E-state index in [-0.39, 0.29) is 12.4 Å². The van der Waals surface area contributed by atoms with E-state index in [1.54, 1.807) is 0 Å². The van der Waals surface area contributed by atoms with Gasteiger partial charge in [-0.2, -0.15) is 0 Å². The van der Waals surface area contributed by atoms with Gasteiger partial charge in [-0.05, 0) is 36.8 Å².